The van der Waals surface area contributed by atoms with Crippen LogP contribution in [0.15, 0.2) is 54.6 Å². The molecule has 2 rings (SSSR count). The van der Waals surface area contributed by atoms with Gasteiger partial charge in [0, 0.05) is 12.1 Å². The van der Waals surface area contributed by atoms with E-state index in [1.807, 2.05) is 13.8 Å². The number of carbonyl (C=O) groups excluding carboxylic acids is 2. The van der Waals surface area contributed by atoms with Crippen LogP contribution in [-0.2, 0) is 17.5 Å². The van der Waals surface area contributed by atoms with Crippen LogP contribution >= 0.6 is 0 Å². The van der Waals surface area contributed by atoms with Crippen molar-refractivity contribution in [2.24, 2.45) is 5.92 Å². The first-order chi connectivity index (χ1) is 13.2. The van der Waals surface area contributed by atoms with Crippen molar-refractivity contribution < 1.29 is 22.8 Å². The topological polar surface area (TPSA) is 58.2 Å². The Morgan fingerprint density at radius 2 is 1.71 bits per heavy atom. The lowest BCUT2D eigenvalue weighted by Gasteiger charge is -2.23. The number of nitrogens with one attached hydrogen (secondary N) is 2. The number of hydrogen-bond donors (Lipinski definition) is 2. The zero-order valence-corrected chi connectivity index (χ0v) is 15.7. The molecule has 2 aromatic carbocycles. The van der Waals surface area contributed by atoms with Gasteiger partial charge in [0.1, 0.15) is 6.04 Å². The third-order valence-corrected chi connectivity index (χ3v) is 4.54. The van der Waals surface area contributed by atoms with Gasteiger partial charge in [-0.1, -0.05) is 50.6 Å². The van der Waals surface area contributed by atoms with E-state index in [4.69, 9.17) is 0 Å². The molecule has 7 heteroatoms. The Morgan fingerprint density at radius 1 is 1.04 bits per heavy atom. The fourth-order valence-corrected chi connectivity index (χ4v) is 2.67. The minimum atomic E-state index is -4.44. The lowest BCUT2D eigenvalue weighted by Crippen LogP contribution is -2.50. The third-order valence-electron chi connectivity index (χ3n) is 4.54. The lowest BCUT2D eigenvalue weighted by molar-refractivity contribution is -0.137. The van der Waals surface area contributed by atoms with Crippen molar-refractivity contribution in [1.29, 1.82) is 0 Å². The molecule has 0 bridgehead atoms. The molecule has 150 valence electrons. The van der Waals surface area contributed by atoms with Crippen LogP contribution in [0.1, 0.15) is 41.8 Å². The Hall–Kier alpha value is -2.83. The predicted molar refractivity (Wildman–Crippen MR) is 100 cm³/mol. The summed E-state index contributed by atoms with van der Waals surface area (Å²) in [6, 6.07) is 12.5. The molecule has 0 heterocycles. The molecule has 0 aromatic heterocycles. The van der Waals surface area contributed by atoms with E-state index in [1.54, 1.807) is 30.3 Å². The first-order valence-electron chi connectivity index (χ1n) is 9.02. The number of halogens is 3. The maximum atomic E-state index is 12.8. The van der Waals surface area contributed by atoms with Crippen LogP contribution < -0.4 is 10.6 Å². The van der Waals surface area contributed by atoms with Crippen molar-refractivity contribution in [3.05, 3.63) is 71.3 Å². The van der Waals surface area contributed by atoms with Crippen LogP contribution in [0.4, 0.5) is 13.2 Å². The molecule has 0 aliphatic heterocycles. The van der Waals surface area contributed by atoms with Gasteiger partial charge in [-0.2, -0.15) is 13.2 Å². The Bertz CT molecular complexity index is 807. The second kappa shape index (κ2) is 9.39. The van der Waals surface area contributed by atoms with E-state index in [9.17, 15) is 22.8 Å². The molecule has 0 radical (unpaired) electrons. The van der Waals surface area contributed by atoms with E-state index in [2.05, 4.69) is 10.6 Å². The van der Waals surface area contributed by atoms with E-state index < -0.39 is 23.7 Å². The Kier molecular flexibility index (Phi) is 7.20. The Balaban J connectivity index is 2.06. The summed E-state index contributed by atoms with van der Waals surface area (Å²) in [5, 5.41) is 5.35. The number of alkyl halides is 3. The minimum absolute atomic E-state index is 0.0586. The molecular weight excluding hydrogens is 369 g/mol. The summed E-state index contributed by atoms with van der Waals surface area (Å²) in [6.07, 6.45) is -3.79. The van der Waals surface area contributed by atoms with Crippen LogP contribution in [-0.4, -0.2) is 17.9 Å². The summed E-state index contributed by atoms with van der Waals surface area (Å²) in [7, 11) is 0. The van der Waals surface area contributed by atoms with E-state index in [0.29, 0.717) is 17.5 Å². The van der Waals surface area contributed by atoms with Crippen molar-refractivity contribution in [3.63, 3.8) is 0 Å². The number of benzene rings is 2. The number of amides is 2. The van der Waals surface area contributed by atoms with E-state index in [0.717, 1.165) is 12.1 Å². The molecule has 0 aliphatic rings. The van der Waals surface area contributed by atoms with Crippen LogP contribution in [0.25, 0.3) is 0 Å². The van der Waals surface area contributed by atoms with Crippen molar-refractivity contribution in [2.45, 2.75) is 39.0 Å². The number of carbonyl (C=O) groups is 2. The van der Waals surface area contributed by atoms with Gasteiger partial charge in [0.25, 0.3) is 5.91 Å². The first-order valence-corrected chi connectivity index (χ1v) is 9.02. The van der Waals surface area contributed by atoms with Gasteiger partial charge < -0.3 is 10.6 Å². The van der Waals surface area contributed by atoms with Gasteiger partial charge in [-0.25, -0.2) is 0 Å². The van der Waals surface area contributed by atoms with Crippen LogP contribution in [0.3, 0.4) is 0 Å². The molecule has 0 saturated heterocycles. The van der Waals surface area contributed by atoms with Gasteiger partial charge in [-0.3, -0.25) is 9.59 Å². The van der Waals surface area contributed by atoms with Gasteiger partial charge in [-0.15, -0.1) is 0 Å². The molecule has 2 N–H and O–H groups in total. The second-order valence-electron chi connectivity index (χ2n) is 6.62. The van der Waals surface area contributed by atoms with E-state index in [1.165, 1.54) is 12.1 Å². The average molecular weight is 392 g/mol. The highest BCUT2D eigenvalue weighted by atomic mass is 19.4. The quantitative estimate of drug-likeness (QED) is 0.743. The van der Waals surface area contributed by atoms with Crippen molar-refractivity contribution in [1.82, 2.24) is 10.6 Å². The zero-order chi connectivity index (χ0) is 20.7. The van der Waals surface area contributed by atoms with Gasteiger partial charge in [0.05, 0.1) is 5.56 Å². The highest BCUT2D eigenvalue weighted by Crippen LogP contribution is 2.29. The van der Waals surface area contributed by atoms with Crippen LogP contribution in [0.2, 0.25) is 0 Å². The lowest BCUT2D eigenvalue weighted by atomic mass is 9.97. The fourth-order valence-electron chi connectivity index (χ4n) is 2.67. The molecule has 2 amide bonds. The monoisotopic (exact) mass is 392 g/mol. The minimum Gasteiger partial charge on any atom is -0.350 e. The standard InChI is InChI=1S/C21H23F3N2O2/c1-3-14(2)18(26-19(27)16-9-5-4-6-10-16)20(28)25-13-15-8-7-11-17(12-15)21(22,23)24/h4-12,14,18H,3,13H2,1-2H3,(H,25,28)(H,26,27)/t14-,18-/m0/s1. The normalized spacial score (nSPS) is 13.5. The predicted octanol–water partition coefficient (Wildman–Crippen LogP) is 4.17. The summed E-state index contributed by atoms with van der Waals surface area (Å²) in [5.74, 6) is -0.953. The maximum absolute atomic E-state index is 12.8. The van der Waals surface area contributed by atoms with Gasteiger partial charge >= 0.3 is 6.18 Å². The summed E-state index contributed by atoms with van der Waals surface area (Å²) in [4.78, 5) is 25.0. The van der Waals surface area contributed by atoms with Gasteiger partial charge in [0.15, 0.2) is 0 Å². The molecule has 0 saturated carbocycles. The second-order valence-corrected chi connectivity index (χ2v) is 6.62. The Labute approximate surface area is 162 Å². The van der Waals surface area contributed by atoms with Crippen molar-refractivity contribution in [3.8, 4) is 0 Å². The SMILES string of the molecule is CC[C@H](C)[C@H](NC(=O)c1ccccc1)C(=O)NCc1cccc(C(F)(F)F)c1. The molecule has 2 aromatic rings. The Morgan fingerprint density at radius 3 is 2.32 bits per heavy atom. The highest BCUT2D eigenvalue weighted by molar-refractivity contribution is 5.97. The van der Waals surface area contributed by atoms with Gasteiger partial charge in [0.2, 0.25) is 5.91 Å². The molecule has 28 heavy (non-hydrogen) atoms. The molecule has 2 atom stereocenters. The number of hydrogen-bond acceptors (Lipinski definition) is 2. The third kappa shape index (κ3) is 5.84. The maximum Gasteiger partial charge on any atom is 0.416 e. The summed E-state index contributed by atoms with van der Waals surface area (Å²) >= 11 is 0. The van der Waals surface area contributed by atoms with Crippen molar-refractivity contribution >= 4 is 11.8 Å². The molecular formula is C21H23F3N2O2. The molecule has 0 unspecified atom stereocenters. The highest BCUT2D eigenvalue weighted by Gasteiger charge is 2.30. The van der Waals surface area contributed by atoms with Gasteiger partial charge in [-0.05, 0) is 35.7 Å². The van der Waals surface area contributed by atoms with E-state index in [-0.39, 0.29) is 18.4 Å². The van der Waals surface area contributed by atoms with E-state index >= 15 is 0 Å². The fraction of sp³-hybridized carbons (Fsp3) is 0.333. The van der Waals surface area contributed by atoms with Crippen molar-refractivity contribution in [2.75, 3.05) is 0 Å². The van der Waals surface area contributed by atoms with Crippen LogP contribution in [0.5, 0.6) is 0 Å². The summed E-state index contributed by atoms with van der Waals surface area (Å²) in [5.41, 5.74) is -0.00273. The smallest absolute Gasteiger partial charge is 0.350 e. The first kappa shape index (κ1) is 21.5. The molecule has 0 aliphatic carbocycles. The largest absolute Gasteiger partial charge is 0.416 e. The molecule has 4 nitrogen and oxygen atoms in total. The molecule has 0 fully saturated rings. The van der Waals surface area contributed by atoms with Crippen LogP contribution in [0, 0.1) is 5.92 Å². The summed E-state index contributed by atoms with van der Waals surface area (Å²) in [6.45, 7) is 3.67. The zero-order valence-electron chi connectivity index (χ0n) is 15.7. The molecule has 0 spiro atoms. The number of rotatable bonds is 7. The summed E-state index contributed by atoms with van der Waals surface area (Å²) < 4.78 is 38.4. The average Bonchev–Trinajstić information content (AvgIpc) is 2.69.